The average molecular weight is 246 g/mol. The minimum absolute atomic E-state index is 0.143. The Morgan fingerprint density at radius 2 is 1.94 bits per heavy atom. The maximum absolute atomic E-state index is 11.9. The number of unbranched alkanes of at least 4 members (excludes halogenated alkanes) is 1. The summed E-state index contributed by atoms with van der Waals surface area (Å²) in [5, 5.41) is 0. The predicted molar refractivity (Wildman–Crippen MR) is 64.7 cm³/mol. The Kier molecular flexibility index (Phi) is 3.55. The molecule has 0 saturated heterocycles. The Hall–Kier alpha value is -1.97. The number of carbonyl (C=O) groups is 3. The van der Waals surface area contributed by atoms with Crippen LogP contribution in [0.3, 0.4) is 0 Å². The van der Waals surface area contributed by atoms with Crippen molar-refractivity contribution < 1.29 is 19.1 Å². The molecule has 0 N–H and O–H groups in total. The molecule has 1 aliphatic rings. The van der Waals surface area contributed by atoms with E-state index in [0.29, 0.717) is 11.1 Å². The lowest BCUT2D eigenvalue weighted by Gasteiger charge is -2.02. The molecule has 0 heterocycles. The molecule has 0 spiro atoms. The fourth-order valence-electron chi connectivity index (χ4n) is 2.13. The fourth-order valence-corrected chi connectivity index (χ4v) is 2.13. The molecule has 1 atom stereocenters. The van der Waals surface area contributed by atoms with Crippen LogP contribution in [-0.2, 0) is 16.0 Å². The molecule has 1 aromatic rings. The number of hydrogen-bond acceptors (Lipinski definition) is 4. The molecule has 4 heteroatoms. The van der Waals surface area contributed by atoms with Gasteiger partial charge in [-0.3, -0.25) is 14.4 Å². The molecule has 94 valence electrons. The first-order valence-electron chi connectivity index (χ1n) is 5.99. The quantitative estimate of drug-likeness (QED) is 0.588. The van der Waals surface area contributed by atoms with Gasteiger partial charge in [0.25, 0.3) is 6.47 Å². The summed E-state index contributed by atoms with van der Waals surface area (Å²) in [5.41, 5.74) is 1.76. The number of carbonyl (C=O) groups excluding carboxylic acids is 3. The molecule has 2 rings (SSSR count). The number of benzene rings is 1. The largest absolute Gasteiger partial charge is 0.448 e. The van der Waals surface area contributed by atoms with Gasteiger partial charge in [0.2, 0.25) is 17.7 Å². The molecule has 0 radical (unpaired) electrons. The topological polar surface area (TPSA) is 60.4 Å². The third-order valence-electron chi connectivity index (χ3n) is 3.10. The van der Waals surface area contributed by atoms with Crippen LogP contribution in [0, 0.1) is 0 Å². The monoisotopic (exact) mass is 246 g/mol. The Labute approximate surface area is 105 Å². The van der Waals surface area contributed by atoms with Crippen LogP contribution in [0.1, 0.15) is 46.0 Å². The van der Waals surface area contributed by atoms with Crippen LogP contribution in [-0.4, -0.2) is 24.1 Å². The first-order valence-corrected chi connectivity index (χ1v) is 5.99. The third kappa shape index (κ3) is 2.06. The summed E-state index contributed by atoms with van der Waals surface area (Å²) in [7, 11) is 0. The van der Waals surface area contributed by atoms with Crippen LogP contribution >= 0.6 is 0 Å². The van der Waals surface area contributed by atoms with E-state index < -0.39 is 17.7 Å². The maximum atomic E-state index is 11.9. The second-order valence-corrected chi connectivity index (χ2v) is 4.32. The Balaban J connectivity index is 2.30. The summed E-state index contributed by atoms with van der Waals surface area (Å²) in [5.74, 6) is -0.843. The van der Waals surface area contributed by atoms with E-state index in [1.165, 1.54) is 0 Å². The van der Waals surface area contributed by atoms with E-state index in [9.17, 15) is 14.4 Å². The van der Waals surface area contributed by atoms with Gasteiger partial charge in [0, 0.05) is 11.1 Å². The van der Waals surface area contributed by atoms with Crippen molar-refractivity contribution in [1.82, 2.24) is 0 Å². The minimum Gasteiger partial charge on any atom is -0.448 e. The molecule has 0 bridgehead atoms. The van der Waals surface area contributed by atoms with E-state index >= 15 is 0 Å². The molecular weight excluding hydrogens is 232 g/mol. The van der Waals surface area contributed by atoms with E-state index in [2.05, 4.69) is 11.7 Å². The number of Topliss-reactive ketones (excluding diaryl/α,β-unsaturated/α-hetero) is 2. The molecule has 4 nitrogen and oxygen atoms in total. The molecule has 1 unspecified atom stereocenters. The molecule has 0 saturated carbocycles. The van der Waals surface area contributed by atoms with Gasteiger partial charge in [-0.05, 0) is 24.5 Å². The van der Waals surface area contributed by atoms with Crippen molar-refractivity contribution >= 4 is 18.0 Å². The number of aryl methyl sites for hydroxylation is 1. The molecule has 0 aromatic heterocycles. The SMILES string of the molecule is CCCCc1ccc2c(c1)C(=O)C(OC=O)C2=O. The molecule has 1 aromatic carbocycles. The van der Waals surface area contributed by atoms with Crippen LogP contribution in [0.5, 0.6) is 0 Å². The maximum Gasteiger partial charge on any atom is 0.294 e. The summed E-state index contributed by atoms with van der Waals surface area (Å²) in [6, 6.07) is 5.23. The highest BCUT2D eigenvalue weighted by Crippen LogP contribution is 2.25. The van der Waals surface area contributed by atoms with Gasteiger partial charge in [0.15, 0.2) is 0 Å². The summed E-state index contributed by atoms with van der Waals surface area (Å²) in [6.45, 7) is 2.24. The number of fused-ring (bicyclic) bond motifs is 1. The molecule has 0 amide bonds. The molecule has 1 aliphatic carbocycles. The highest BCUT2D eigenvalue weighted by Gasteiger charge is 2.40. The van der Waals surface area contributed by atoms with E-state index in [4.69, 9.17) is 0 Å². The Bertz CT molecular complexity index is 505. The minimum atomic E-state index is -1.28. The van der Waals surface area contributed by atoms with Crippen LogP contribution in [0.15, 0.2) is 18.2 Å². The van der Waals surface area contributed by atoms with Crippen LogP contribution < -0.4 is 0 Å². The van der Waals surface area contributed by atoms with Gasteiger partial charge in [0.1, 0.15) is 0 Å². The number of ketones is 2. The number of rotatable bonds is 5. The van der Waals surface area contributed by atoms with Crippen molar-refractivity contribution in [3.8, 4) is 0 Å². The zero-order valence-electron chi connectivity index (χ0n) is 10.1. The number of ether oxygens (including phenoxy) is 1. The van der Waals surface area contributed by atoms with E-state index in [0.717, 1.165) is 24.8 Å². The van der Waals surface area contributed by atoms with Crippen molar-refractivity contribution in [2.45, 2.75) is 32.3 Å². The second-order valence-electron chi connectivity index (χ2n) is 4.32. The molecule has 0 aliphatic heterocycles. The van der Waals surface area contributed by atoms with Crippen LogP contribution in [0.4, 0.5) is 0 Å². The lowest BCUT2D eigenvalue weighted by atomic mass is 10.0. The van der Waals surface area contributed by atoms with Crippen LogP contribution in [0.25, 0.3) is 0 Å². The molecule has 18 heavy (non-hydrogen) atoms. The van der Waals surface area contributed by atoms with Crippen LogP contribution in [0.2, 0.25) is 0 Å². The predicted octanol–water partition coefficient (Wildman–Crippen LogP) is 1.95. The van der Waals surface area contributed by atoms with Gasteiger partial charge in [-0.1, -0.05) is 25.5 Å². The van der Waals surface area contributed by atoms with Crippen molar-refractivity contribution in [3.05, 3.63) is 34.9 Å². The van der Waals surface area contributed by atoms with Gasteiger partial charge < -0.3 is 4.74 Å². The first kappa shape index (κ1) is 12.5. The van der Waals surface area contributed by atoms with E-state index in [1.54, 1.807) is 12.1 Å². The summed E-state index contributed by atoms with van der Waals surface area (Å²) >= 11 is 0. The zero-order valence-corrected chi connectivity index (χ0v) is 10.1. The third-order valence-corrected chi connectivity index (χ3v) is 3.10. The Morgan fingerprint density at radius 1 is 1.22 bits per heavy atom. The number of hydrogen-bond donors (Lipinski definition) is 0. The van der Waals surface area contributed by atoms with Gasteiger partial charge in [-0.25, -0.2) is 0 Å². The second kappa shape index (κ2) is 5.12. The first-order chi connectivity index (χ1) is 8.69. The zero-order chi connectivity index (χ0) is 13.1. The highest BCUT2D eigenvalue weighted by molar-refractivity contribution is 6.29. The van der Waals surface area contributed by atoms with Gasteiger partial charge in [-0.15, -0.1) is 0 Å². The van der Waals surface area contributed by atoms with Gasteiger partial charge >= 0.3 is 0 Å². The van der Waals surface area contributed by atoms with Crippen molar-refractivity contribution in [2.75, 3.05) is 0 Å². The lowest BCUT2D eigenvalue weighted by Crippen LogP contribution is -2.25. The molecule has 0 fully saturated rings. The van der Waals surface area contributed by atoms with E-state index in [-0.39, 0.29) is 6.47 Å². The highest BCUT2D eigenvalue weighted by atomic mass is 16.5. The Morgan fingerprint density at radius 3 is 2.61 bits per heavy atom. The average Bonchev–Trinajstić information content (AvgIpc) is 2.62. The molecular formula is C14H14O4. The van der Waals surface area contributed by atoms with Crippen molar-refractivity contribution in [1.29, 1.82) is 0 Å². The summed E-state index contributed by atoms with van der Waals surface area (Å²) in [4.78, 5) is 34.0. The van der Waals surface area contributed by atoms with Gasteiger partial charge in [0.05, 0.1) is 0 Å². The van der Waals surface area contributed by atoms with E-state index in [1.807, 2.05) is 6.07 Å². The van der Waals surface area contributed by atoms with Gasteiger partial charge in [-0.2, -0.15) is 0 Å². The normalized spacial score (nSPS) is 17.7. The summed E-state index contributed by atoms with van der Waals surface area (Å²) < 4.78 is 4.55. The fraction of sp³-hybridized carbons (Fsp3) is 0.357. The smallest absolute Gasteiger partial charge is 0.294 e. The lowest BCUT2D eigenvalue weighted by molar-refractivity contribution is -0.130. The standard InChI is InChI=1S/C14H14O4/c1-2-3-4-9-5-6-10-11(7-9)13(17)14(12(10)16)18-8-15/h5-8,14H,2-4H2,1H3. The van der Waals surface area contributed by atoms with Crippen molar-refractivity contribution in [2.24, 2.45) is 0 Å². The summed E-state index contributed by atoms with van der Waals surface area (Å²) in [6.07, 6.45) is 1.71. The van der Waals surface area contributed by atoms with Crippen molar-refractivity contribution in [3.63, 3.8) is 0 Å².